The van der Waals surface area contributed by atoms with Crippen molar-refractivity contribution in [2.45, 2.75) is 65.5 Å². The van der Waals surface area contributed by atoms with Gasteiger partial charge in [-0.05, 0) is 47.5 Å². The van der Waals surface area contributed by atoms with Crippen LogP contribution in [0.25, 0.3) is 5.65 Å². The summed E-state index contributed by atoms with van der Waals surface area (Å²) in [4.78, 5) is 40.2. The van der Waals surface area contributed by atoms with Crippen LogP contribution in [0, 0.1) is 0 Å². The van der Waals surface area contributed by atoms with Gasteiger partial charge in [-0.25, -0.2) is 14.3 Å². The van der Waals surface area contributed by atoms with Crippen LogP contribution in [0.2, 0.25) is 0 Å². The number of carbonyl (C=O) groups is 3. The van der Waals surface area contributed by atoms with E-state index in [0.717, 1.165) is 5.57 Å². The Morgan fingerprint density at radius 2 is 2.03 bits per heavy atom. The molecule has 1 unspecified atom stereocenters. The molecule has 0 spiro atoms. The minimum Gasteiger partial charge on any atom is -0.477 e. The maximum Gasteiger partial charge on any atom is 0.354 e. The third-order valence-corrected chi connectivity index (χ3v) is 4.37. The highest BCUT2D eigenvalue weighted by atomic mass is 16.6. The van der Waals surface area contributed by atoms with Crippen molar-refractivity contribution in [1.29, 1.82) is 0 Å². The molecule has 1 atom stereocenters. The molecule has 0 fully saturated rings. The monoisotopic (exact) mass is 442 g/mol. The van der Waals surface area contributed by atoms with E-state index in [1.807, 2.05) is 52.8 Å². The number of carboxylic acid groups (broad SMARTS) is 1. The van der Waals surface area contributed by atoms with Crippen LogP contribution < -0.4 is 5.32 Å². The summed E-state index contributed by atoms with van der Waals surface area (Å²) < 4.78 is 6.63. The fourth-order valence-electron chi connectivity index (χ4n) is 3.06. The molecule has 2 aromatic rings. The Bertz CT molecular complexity index is 1050. The summed E-state index contributed by atoms with van der Waals surface area (Å²) in [6, 6.07) is 2.45. The lowest BCUT2D eigenvalue weighted by atomic mass is 10.1. The SMILES string of the molecule is C/C=C/C(CC/C=C(\C)CC(=O)OC(C)(C)C)NC(=O)c1cc(C(=O)O)nc2ccnn12. The van der Waals surface area contributed by atoms with Crippen molar-refractivity contribution < 1.29 is 24.2 Å². The fraction of sp³-hybridized carbons (Fsp3) is 0.435. The predicted octanol–water partition coefficient (Wildman–Crippen LogP) is 3.56. The molecular formula is C23H30N4O5. The Balaban J connectivity index is 2.05. The van der Waals surface area contributed by atoms with E-state index in [2.05, 4.69) is 15.4 Å². The molecule has 2 heterocycles. The van der Waals surface area contributed by atoms with Gasteiger partial charge in [-0.2, -0.15) is 5.10 Å². The average molecular weight is 443 g/mol. The van der Waals surface area contributed by atoms with E-state index < -0.39 is 17.5 Å². The van der Waals surface area contributed by atoms with E-state index in [1.165, 1.54) is 22.8 Å². The summed E-state index contributed by atoms with van der Waals surface area (Å²) in [5, 5.41) is 16.2. The normalized spacial score (nSPS) is 13.3. The number of amides is 1. The van der Waals surface area contributed by atoms with E-state index in [-0.39, 0.29) is 35.5 Å². The Hall–Kier alpha value is -3.49. The van der Waals surface area contributed by atoms with Gasteiger partial charge in [0.25, 0.3) is 5.91 Å². The molecule has 0 aromatic carbocycles. The zero-order chi connectivity index (χ0) is 23.9. The number of aromatic carboxylic acids is 1. The van der Waals surface area contributed by atoms with Crippen molar-refractivity contribution in [2.24, 2.45) is 0 Å². The highest BCUT2D eigenvalue weighted by Gasteiger charge is 2.19. The molecule has 0 aliphatic carbocycles. The van der Waals surface area contributed by atoms with Gasteiger partial charge in [0, 0.05) is 18.2 Å². The first-order valence-electron chi connectivity index (χ1n) is 10.4. The largest absolute Gasteiger partial charge is 0.477 e. The van der Waals surface area contributed by atoms with Crippen LogP contribution in [0.4, 0.5) is 0 Å². The van der Waals surface area contributed by atoms with Crippen LogP contribution in [-0.4, -0.2) is 49.2 Å². The maximum absolute atomic E-state index is 12.9. The van der Waals surface area contributed by atoms with Gasteiger partial charge in [-0.15, -0.1) is 0 Å². The van der Waals surface area contributed by atoms with E-state index in [4.69, 9.17) is 4.74 Å². The Kier molecular flexibility index (Phi) is 8.28. The van der Waals surface area contributed by atoms with Crippen LogP contribution >= 0.6 is 0 Å². The number of carbonyl (C=O) groups excluding carboxylic acids is 2. The second-order valence-corrected chi connectivity index (χ2v) is 8.43. The molecule has 0 saturated carbocycles. The van der Waals surface area contributed by atoms with Crippen molar-refractivity contribution in [1.82, 2.24) is 19.9 Å². The van der Waals surface area contributed by atoms with Gasteiger partial charge in [0.15, 0.2) is 11.3 Å². The molecule has 2 rings (SSSR count). The van der Waals surface area contributed by atoms with Crippen molar-refractivity contribution >= 4 is 23.5 Å². The van der Waals surface area contributed by atoms with Crippen molar-refractivity contribution in [3.63, 3.8) is 0 Å². The Morgan fingerprint density at radius 1 is 1.31 bits per heavy atom. The standard InChI is InChI=1S/C23H30N4O5/c1-6-8-16(10-7-9-15(2)13-20(28)32-23(3,4)5)25-21(29)18-14-17(22(30)31)26-19-11-12-24-27(18)19/h6,8-9,11-12,14,16H,7,10,13H2,1-5H3,(H,25,29)(H,30,31)/b8-6+,15-9+. The highest BCUT2D eigenvalue weighted by Crippen LogP contribution is 2.13. The van der Waals surface area contributed by atoms with Gasteiger partial charge in [0.1, 0.15) is 11.3 Å². The molecule has 2 aromatic heterocycles. The third kappa shape index (κ3) is 7.33. The van der Waals surface area contributed by atoms with Crippen molar-refractivity contribution in [3.05, 3.63) is 53.5 Å². The number of allylic oxidation sites excluding steroid dienone is 2. The molecule has 0 aliphatic heterocycles. The van der Waals surface area contributed by atoms with E-state index >= 15 is 0 Å². The maximum atomic E-state index is 12.9. The highest BCUT2D eigenvalue weighted by molar-refractivity contribution is 5.96. The first kappa shape index (κ1) is 24.8. The Morgan fingerprint density at radius 3 is 2.66 bits per heavy atom. The average Bonchev–Trinajstić information content (AvgIpc) is 3.14. The molecule has 0 aliphatic rings. The summed E-state index contributed by atoms with van der Waals surface area (Å²) in [6.45, 7) is 9.20. The van der Waals surface area contributed by atoms with Gasteiger partial charge in [0.2, 0.25) is 0 Å². The number of nitrogens with one attached hydrogen (secondary N) is 1. The van der Waals surface area contributed by atoms with E-state index in [0.29, 0.717) is 12.8 Å². The number of aromatic nitrogens is 3. The molecule has 9 nitrogen and oxygen atoms in total. The Labute approximate surface area is 187 Å². The summed E-state index contributed by atoms with van der Waals surface area (Å²) in [5.41, 5.74) is 0.503. The number of rotatable bonds is 9. The molecule has 2 N–H and O–H groups in total. The molecular weight excluding hydrogens is 412 g/mol. The van der Waals surface area contributed by atoms with Crippen LogP contribution in [-0.2, 0) is 9.53 Å². The first-order valence-corrected chi connectivity index (χ1v) is 10.4. The lowest BCUT2D eigenvalue weighted by Gasteiger charge is -2.19. The number of carboxylic acids is 1. The minimum absolute atomic E-state index is 0.0866. The smallest absolute Gasteiger partial charge is 0.354 e. The number of nitrogens with zero attached hydrogens (tertiary/aromatic N) is 3. The molecule has 32 heavy (non-hydrogen) atoms. The molecule has 172 valence electrons. The fourth-order valence-corrected chi connectivity index (χ4v) is 3.06. The number of esters is 1. The van der Waals surface area contributed by atoms with Gasteiger partial charge >= 0.3 is 11.9 Å². The summed E-state index contributed by atoms with van der Waals surface area (Å²) in [5.74, 6) is -1.96. The number of hydrogen-bond acceptors (Lipinski definition) is 6. The van der Waals surface area contributed by atoms with Crippen LogP contribution in [0.15, 0.2) is 42.1 Å². The zero-order valence-corrected chi connectivity index (χ0v) is 19.1. The molecule has 1 amide bonds. The number of ether oxygens (including phenoxy) is 1. The topological polar surface area (TPSA) is 123 Å². The predicted molar refractivity (Wildman–Crippen MR) is 119 cm³/mol. The van der Waals surface area contributed by atoms with Gasteiger partial charge < -0.3 is 15.2 Å². The summed E-state index contributed by atoms with van der Waals surface area (Å²) in [6.07, 6.45) is 8.54. The summed E-state index contributed by atoms with van der Waals surface area (Å²) in [7, 11) is 0. The summed E-state index contributed by atoms with van der Waals surface area (Å²) >= 11 is 0. The zero-order valence-electron chi connectivity index (χ0n) is 19.1. The van der Waals surface area contributed by atoms with E-state index in [9.17, 15) is 19.5 Å². The molecule has 0 saturated heterocycles. The van der Waals surface area contributed by atoms with Crippen LogP contribution in [0.1, 0.15) is 74.9 Å². The van der Waals surface area contributed by atoms with Gasteiger partial charge in [-0.1, -0.05) is 23.8 Å². The molecule has 0 radical (unpaired) electrons. The molecule has 0 bridgehead atoms. The van der Waals surface area contributed by atoms with Crippen LogP contribution in [0.3, 0.4) is 0 Å². The lowest BCUT2D eigenvalue weighted by Crippen LogP contribution is -2.35. The quantitative estimate of drug-likeness (QED) is 0.449. The second kappa shape index (κ2) is 10.7. The van der Waals surface area contributed by atoms with Gasteiger partial charge in [-0.3, -0.25) is 9.59 Å². The van der Waals surface area contributed by atoms with Crippen molar-refractivity contribution in [2.75, 3.05) is 0 Å². The van der Waals surface area contributed by atoms with Crippen molar-refractivity contribution in [3.8, 4) is 0 Å². The number of fused-ring (bicyclic) bond motifs is 1. The van der Waals surface area contributed by atoms with E-state index in [1.54, 1.807) is 0 Å². The van der Waals surface area contributed by atoms with Gasteiger partial charge in [0.05, 0.1) is 12.6 Å². The second-order valence-electron chi connectivity index (χ2n) is 8.43. The third-order valence-electron chi connectivity index (χ3n) is 4.37. The first-order chi connectivity index (χ1) is 15.0. The number of hydrogen-bond donors (Lipinski definition) is 2. The lowest BCUT2D eigenvalue weighted by molar-refractivity contribution is -0.153. The van der Waals surface area contributed by atoms with Crippen LogP contribution in [0.5, 0.6) is 0 Å². The minimum atomic E-state index is -1.22. The molecule has 9 heteroatoms.